The number of fused-ring (bicyclic) bond motifs is 2. The Hall–Kier alpha value is -3.50. The third-order valence-electron chi connectivity index (χ3n) is 8.22. The number of rotatable bonds is 13. The molecule has 2 aliphatic heterocycles. The van der Waals surface area contributed by atoms with E-state index in [1.165, 1.54) is 17.4 Å². The van der Waals surface area contributed by atoms with E-state index in [9.17, 15) is 28.7 Å². The minimum Gasteiger partial charge on any atom is -0.481 e. The number of hydrogen-bond acceptors (Lipinski definition) is 10. The van der Waals surface area contributed by atoms with Crippen molar-refractivity contribution in [2.45, 2.75) is 75.8 Å². The number of carboxylic acids is 3. The zero-order valence-electron chi connectivity index (χ0n) is 26.1. The van der Waals surface area contributed by atoms with Crippen molar-refractivity contribution in [2.75, 3.05) is 33.2 Å². The van der Waals surface area contributed by atoms with Gasteiger partial charge in [0.1, 0.15) is 5.82 Å². The lowest BCUT2D eigenvalue weighted by atomic mass is 9.83. The molecule has 1 unspecified atom stereocenters. The maximum absolute atomic E-state index is 13.9. The zero-order chi connectivity index (χ0) is 34.3. The Bertz CT molecular complexity index is 1360. The summed E-state index contributed by atoms with van der Waals surface area (Å²) >= 11 is 1.54. The predicted octanol–water partition coefficient (Wildman–Crippen LogP) is 2.33. The van der Waals surface area contributed by atoms with Crippen LogP contribution in [0.4, 0.5) is 4.39 Å². The van der Waals surface area contributed by atoms with Crippen molar-refractivity contribution in [2.24, 2.45) is 5.92 Å². The average Bonchev–Trinajstić information content (AvgIpc) is 3.59. The summed E-state index contributed by atoms with van der Waals surface area (Å²) in [7, 11) is 1.81. The number of hydrogen-bond donors (Lipinski definition) is 5. The number of amides is 1. The molecular weight excluding hydrogens is 625 g/mol. The summed E-state index contributed by atoms with van der Waals surface area (Å²) in [6.07, 6.45) is 0.411. The molecule has 46 heavy (non-hydrogen) atoms. The molecule has 0 bridgehead atoms. The number of benzene rings is 1. The summed E-state index contributed by atoms with van der Waals surface area (Å²) in [6, 6.07) is 4.96. The van der Waals surface area contributed by atoms with Gasteiger partial charge in [-0.25, -0.2) is 14.2 Å². The molecule has 1 fully saturated rings. The van der Waals surface area contributed by atoms with E-state index in [2.05, 4.69) is 9.88 Å². The van der Waals surface area contributed by atoms with Crippen molar-refractivity contribution in [3.05, 3.63) is 51.7 Å². The molecule has 5 N–H and O–H groups in total. The standard InChI is InChI=1S/C25H34FN3O3S.C6H8O7/c1-24(2,31)6-9-28(3)23(30)19(12-21-16-33-17-27-21)14-29-10-7-25(8-11-29)22-13-20(26)5-4-18(22)15-32-25;7-3(8)1-6(13,5(11)12)2-4(9)10/h4-5,13,16-17,19,31H,6-12,14-15H2,1-3H3;13H,1-2H2,(H,7,8)(H,9,10)(H,11,12). The summed E-state index contributed by atoms with van der Waals surface area (Å²) in [4.78, 5) is 52.3. The van der Waals surface area contributed by atoms with Gasteiger partial charge in [-0.3, -0.25) is 14.4 Å². The van der Waals surface area contributed by atoms with Crippen LogP contribution in [0.5, 0.6) is 0 Å². The van der Waals surface area contributed by atoms with E-state index in [-0.39, 0.29) is 17.6 Å². The number of likely N-dealkylation sites (tertiary alicyclic amines) is 1. The van der Waals surface area contributed by atoms with Gasteiger partial charge in [0.2, 0.25) is 5.91 Å². The number of aromatic nitrogens is 1. The molecule has 4 rings (SSSR count). The van der Waals surface area contributed by atoms with E-state index in [1.807, 2.05) is 18.5 Å². The van der Waals surface area contributed by atoms with E-state index >= 15 is 0 Å². The molecule has 254 valence electrons. The molecule has 1 saturated heterocycles. The van der Waals surface area contributed by atoms with Gasteiger partial charge < -0.3 is 40.1 Å². The van der Waals surface area contributed by atoms with Crippen LogP contribution in [-0.4, -0.2) is 109 Å². The zero-order valence-corrected chi connectivity index (χ0v) is 27.0. The van der Waals surface area contributed by atoms with Crippen molar-refractivity contribution in [1.29, 1.82) is 0 Å². The molecule has 3 heterocycles. The lowest BCUT2D eigenvalue weighted by Gasteiger charge is -2.40. The number of piperidine rings is 1. The highest BCUT2D eigenvalue weighted by molar-refractivity contribution is 7.07. The first kappa shape index (κ1) is 37.0. The van der Waals surface area contributed by atoms with E-state index in [1.54, 1.807) is 30.3 Å². The number of ether oxygens (including phenoxy) is 1. The summed E-state index contributed by atoms with van der Waals surface area (Å²) < 4.78 is 20.1. The maximum atomic E-state index is 13.9. The molecule has 1 aromatic carbocycles. The second-order valence-corrected chi connectivity index (χ2v) is 13.3. The summed E-state index contributed by atoms with van der Waals surface area (Å²) in [6.45, 7) is 6.80. The quantitative estimate of drug-likeness (QED) is 0.209. The number of thiazole rings is 1. The topological polar surface area (TPSA) is 198 Å². The van der Waals surface area contributed by atoms with Gasteiger partial charge in [0.05, 0.1) is 47.8 Å². The Morgan fingerprint density at radius 3 is 2.26 bits per heavy atom. The number of carbonyl (C=O) groups excluding carboxylic acids is 1. The summed E-state index contributed by atoms with van der Waals surface area (Å²) in [5, 5.41) is 45.9. The summed E-state index contributed by atoms with van der Waals surface area (Å²) in [5.74, 6) is -5.36. The Morgan fingerprint density at radius 1 is 1.11 bits per heavy atom. The van der Waals surface area contributed by atoms with Crippen LogP contribution in [0.25, 0.3) is 0 Å². The van der Waals surface area contributed by atoms with Crippen molar-refractivity contribution in [3.8, 4) is 0 Å². The highest BCUT2D eigenvalue weighted by atomic mass is 32.1. The van der Waals surface area contributed by atoms with Crippen LogP contribution in [0.15, 0.2) is 29.1 Å². The van der Waals surface area contributed by atoms with Crippen LogP contribution in [-0.2, 0) is 42.5 Å². The van der Waals surface area contributed by atoms with Crippen LogP contribution in [0, 0.1) is 11.7 Å². The normalized spacial score (nSPS) is 16.7. The lowest BCUT2D eigenvalue weighted by molar-refractivity contribution is -0.170. The van der Waals surface area contributed by atoms with Crippen LogP contribution in [0.2, 0.25) is 0 Å². The molecule has 1 amide bonds. The van der Waals surface area contributed by atoms with Crippen molar-refractivity contribution < 1.29 is 53.8 Å². The van der Waals surface area contributed by atoms with Gasteiger partial charge in [-0.15, -0.1) is 11.3 Å². The first-order valence-electron chi connectivity index (χ1n) is 14.8. The first-order chi connectivity index (χ1) is 21.4. The monoisotopic (exact) mass is 667 g/mol. The third kappa shape index (κ3) is 10.3. The average molecular weight is 668 g/mol. The fourth-order valence-electron chi connectivity index (χ4n) is 5.61. The number of halogens is 1. The van der Waals surface area contributed by atoms with Gasteiger partial charge in [-0.05, 0) is 56.4 Å². The van der Waals surface area contributed by atoms with Crippen LogP contribution < -0.4 is 0 Å². The first-order valence-corrected chi connectivity index (χ1v) is 15.8. The SMILES string of the molecule is CN(CCC(C)(C)O)C(=O)C(Cc1cscn1)CN1CCC2(CC1)OCc1ccc(F)cc12.O=C(O)CC(O)(CC(=O)O)C(=O)O. The van der Waals surface area contributed by atoms with Crippen molar-refractivity contribution in [1.82, 2.24) is 14.8 Å². The highest BCUT2D eigenvalue weighted by Gasteiger charge is 2.43. The van der Waals surface area contributed by atoms with Crippen LogP contribution in [0.3, 0.4) is 0 Å². The molecule has 0 saturated carbocycles. The Balaban J connectivity index is 0.000000376. The number of carboxylic acid groups (broad SMARTS) is 3. The smallest absolute Gasteiger partial charge is 0.336 e. The number of carbonyl (C=O) groups is 4. The van der Waals surface area contributed by atoms with E-state index in [0.717, 1.165) is 42.8 Å². The molecule has 2 aromatic rings. The molecular formula is C31H42FN3O10S. The molecule has 2 aliphatic rings. The van der Waals surface area contributed by atoms with Gasteiger partial charge in [0, 0.05) is 45.0 Å². The molecule has 1 spiro atoms. The lowest BCUT2D eigenvalue weighted by Crippen LogP contribution is -2.47. The molecule has 0 aliphatic carbocycles. The largest absolute Gasteiger partial charge is 0.481 e. The fourth-order valence-corrected chi connectivity index (χ4v) is 6.18. The van der Waals surface area contributed by atoms with E-state index in [4.69, 9.17) is 25.2 Å². The number of nitrogens with zero attached hydrogens (tertiary/aromatic N) is 3. The number of aliphatic hydroxyl groups is 2. The number of aliphatic carboxylic acids is 3. The van der Waals surface area contributed by atoms with Gasteiger partial charge in [-0.1, -0.05) is 6.07 Å². The fraction of sp³-hybridized carbons (Fsp3) is 0.581. The van der Waals surface area contributed by atoms with E-state index in [0.29, 0.717) is 32.5 Å². The van der Waals surface area contributed by atoms with Gasteiger partial charge in [-0.2, -0.15) is 0 Å². The van der Waals surface area contributed by atoms with Gasteiger partial charge in [0.25, 0.3) is 0 Å². The Kier molecular flexibility index (Phi) is 12.4. The predicted molar refractivity (Wildman–Crippen MR) is 163 cm³/mol. The Labute approximate surface area is 270 Å². The minimum atomic E-state index is -2.74. The minimum absolute atomic E-state index is 0.0806. The second kappa shape index (κ2) is 15.4. The molecule has 1 atom stereocenters. The van der Waals surface area contributed by atoms with Gasteiger partial charge >= 0.3 is 17.9 Å². The van der Waals surface area contributed by atoms with E-state index < -0.39 is 47.6 Å². The highest BCUT2D eigenvalue weighted by Crippen LogP contribution is 2.44. The van der Waals surface area contributed by atoms with Crippen LogP contribution in [0.1, 0.15) is 62.8 Å². The van der Waals surface area contributed by atoms with Crippen molar-refractivity contribution >= 4 is 35.2 Å². The molecule has 13 nitrogen and oxygen atoms in total. The second-order valence-electron chi connectivity index (χ2n) is 12.6. The maximum Gasteiger partial charge on any atom is 0.336 e. The van der Waals surface area contributed by atoms with Crippen molar-refractivity contribution in [3.63, 3.8) is 0 Å². The Morgan fingerprint density at radius 2 is 1.74 bits per heavy atom. The van der Waals surface area contributed by atoms with Gasteiger partial charge in [0.15, 0.2) is 5.60 Å². The summed E-state index contributed by atoms with van der Waals surface area (Å²) in [5.41, 5.74) is 0.846. The molecule has 1 aromatic heterocycles. The van der Waals surface area contributed by atoms with Crippen LogP contribution >= 0.6 is 11.3 Å². The molecule has 0 radical (unpaired) electrons. The molecule has 15 heteroatoms. The third-order valence-corrected chi connectivity index (χ3v) is 8.85.